The van der Waals surface area contributed by atoms with Gasteiger partial charge in [-0.25, -0.2) is 4.39 Å². The van der Waals surface area contributed by atoms with E-state index in [4.69, 9.17) is 11.6 Å². The summed E-state index contributed by atoms with van der Waals surface area (Å²) in [7, 11) is 0. The molecule has 0 aliphatic carbocycles. The Morgan fingerprint density at radius 2 is 1.96 bits per heavy atom. The van der Waals surface area contributed by atoms with Crippen molar-refractivity contribution in [3.05, 3.63) is 64.9 Å². The molecule has 0 aliphatic heterocycles. The summed E-state index contributed by atoms with van der Waals surface area (Å²) in [6.07, 6.45) is 0. The summed E-state index contributed by atoms with van der Waals surface area (Å²) in [6, 6.07) is 14.2. The Hall–Kier alpha value is -1.85. The van der Waals surface area contributed by atoms with Crippen molar-refractivity contribution in [1.29, 1.82) is 0 Å². The summed E-state index contributed by atoms with van der Waals surface area (Å²) in [5.74, 6) is 1.21. The van der Waals surface area contributed by atoms with E-state index in [0.29, 0.717) is 10.8 Å². The van der Waals surface area contributed by atoms with Crippen molar-refractivity contribution in [3.8, 4) is 11.4 Å². The molecular formula is C17H15ClFN3S. The Bertz CT molecular complexity index is 819. The van der Waals surface area contributed by atoms with E-state index in [1.807, 2.05) is 41.8 Å². The number of hydrogen-bond donors (Lipinski definition) is 0. The van der Waals surface area contributed by atoms with E-state index in [1.165, 1.54) is 12.1 Å². The first kappa shape index (κ1) is 16.0. The van der Waals surface area contributed by atoms with Crippen LogP contribution in [-0.4, -0.2) is 14.8 Å². The first-order valence-electron chi connectivity index (χ1n) is 7.23. The van der Waals surface area contributed by atoms with E-state index >= 15 is 0 Å². The highest BCUT2D eigenvalue weighted by Crippen LogP contribution is 2.27. The minimum Gasteiger partial charge on any atom is -0.302 e. The summed E-state index contributed by atoms with van der Waals surface area (Å²) >= 11 is 7.60. The van der Waals surface area contributed by atoms with Gasteiger partial charge in [0.25, 0.3) is 0 Å². The molecule has 0 saturated carbocycles. The number of benzene rings is 2. The van der Waals surface area contributed by atoms with Crippen molar-refractivity contribution in [1.82, 2.24) is 14.8 Å². The Morgan fingerprint density at radius 1 is 1.13 bits per heavy atom. The zero-order valence-electron chi connectivity index (χ0n) is 12.5. The van der Waals surface area contributed by atoms with Crippen LogP contribution < -0.4 is 0 Å². The molecule has 6 heteroatoms. The van der Waals surface area contributed by atoms with Gasteiger partial charge in [0.15, 0.2) is 11.0 Å². The van der Waals surface area contributed by atoms with E-state index in [-0.39, 0.29) is 5.82 Å². The fourth-order valence-corrected chi connectivity index (χ4v) is 3.43. The average Bonchev–Trinajstić information content (AvgIpc) is 2.96. The Kier molecular flexibility index (Phi) is 4.98. The van der Waals surface area contributed by atoms with Gasteiger partial charge in [-0.1, -0.05) is 47.6 Å². The fraction of sp³-hybridized carbons (Fsp3) is 0.176. The highest BCUT2D eigenvalue weighted by atomic mass is 35.5. The molecule has 0 unspecified atom stereocenters. The molecule has 3 rings (SSSR count). The van der Waals surface area contributed by atoms with Crippen LogP contribution in [0.4, 0.5) is 4.39 Å². The van der Waals surface area contributed by atoms with Crippen LogP contribution in [0.25, 0.3) is 11.4 Å². The monoisotopic (exact) mass is 347 g/mol. The molecule has 0 spiro atoms. The third-order valence-corrected chi connectivity index (χ3v) is 4.65. The van der Waals surface area contributed by atoms with E-state index < -0.39 is 0 Å². The number of aromatic nitrogens is 3. The third kappa shape index (κ3) is 3.74. The van der Waals surface area contributed by atoms with E-state index in [9.17, 15) is 4.39 Å². The smallest absolute Gasteiger partial charge is 0.191 e. The van der Waals surface area contributed by atoms with Gasteiger partial charge in [-0.2, -0.15) is 0 Å². The maximum absolute atomic E-state index is 13.2. The van der Waals surface area contributed by atoms with Crippen LogP contribution in [0.15, 0.2) is 53.7 Å². The molecular weight excluding hydrogens is 333 g/mol. The summed E-state index contributed by atoms with van der Waals surface area (Å²) in [4.78, 5) is 0. The molecule has 0 amide bonds. The molecule has 23 heavy (non-hydrogen) atoms. The first-order chi connectivity index (χ1) is 11.2. The number of rotatable bonds is 5. The van der Waals surface area contributed by atoms with Crippen LogP contribution in [-0.2, 0) is 12.3 Å². The number of nitrogens with zero attached hydrogens (tertiary/aromatic N) is 3. The summed E-state index contributed by atoms with van der Waals surface area (Å²) in [5, 5.41) is 10.0. The predicted octanol–water partition coefficient (Wildman–Crippen LogP) is 5.05. The van der Waals surface area contributed by atoms with Crippen molar-refractivity contribution in [2.75, 3.05) is 0 Å². The molecule has 1 aromatic heterocycles. The lowest BCUT2D eigenvalue weighted by molar-refractivity contribution is 0.626. The SMILES string of the molecule is CCn1c(SCc2cccc(F)c2)nnc1-c1cccc(Cl)c1. The number of halogens is 2. The van der Waals surface area contributed by atoms with Crippen LogP contribution >= 0.6 is 23.4 Å². The summed E-state index contributed by atoms with van der Waals surface area (Å²) in [5.41, 5.74) is 1.86. The molecule has 0 N–H and O–H groups in total. The average molecular weight is 348 g/mol. The number of thioether (sulfide) groups is 1. The van der Waals surface area contributed by atoms with Crippen LogP contribution in [0.3, 0.4) is 0 Å². The van der Waals surface area contributed by atoms with Gasteiger partial charge in [-0.05, 0) is 36.8 Å². The van der Waals surface area contributed by atoms with Gasteiger partial charge in [-0.3, -0.25) is 0 Å². The minimum atomic E-state index is -0.223. The van der Waals surface area contributed by atoms with E-state index in [2.05, 4.69) is 10.2 Å². The Morgan fingerprint density at radius 3 is 2.70 bits per heavy atom. The van der Waals surface area contributed by atoms with Crippen molar-refractivity contribution >= 4 is 23.4 Å². The highest BCUT2D eigenvalue weighted by Gasteiger charge is 2.13. The molecule has 0 aliphatic rings. The van der Waals surface area contributed by atoms with Gasteiger partial charge in [-0.15, -0.1) is 10.2 Å². The van der Waals surface area contributed by atoms with Gasteiger partial charge in [0.2, 0.25) is 0 Å². The molecule has 0 bridgehead atoms. The fourth-order valence-electron chi connectivity index (χ4n) is 2.30. The highest BCUT2D eigenvalue weighted by molar-refractivity contribution is 7.98. The van der Waals surface area contributed by atoms with Gasteiger partial charge in [0, 0.05) is 22.9 Å². The minimum absolute atomic E-state index is 0.223. The van der Waals surface area contributed by atoms with Crippen molar-refractivity contribution in [3.63, 3.8) is 0 Å². The quantitative estimate of drug-likeness (QED) is 0.605. The zero-order chi connectivity index (χ0) is 16.2. The van der Waals surface area contributed by atoms with Gasteiger partial charge >= 0.3 is 0 Å². The number of hydrogen-bond acceptors (Lipinski definition) is 3. The van der Waals surface area contributed by atoms with Crippen LogP contribution in [0.5, 0.6) is 0 Å². The van der Waals surface area contributed by atoms with E-state index in [1.54, 1.807) is 17.8 Å². The normalized spacial score (nSPS) is 10.9. The topological polar surface area (TPSA) is 30.7 Å². The lowest BCUT2D eigenvalue weighted by Gasteiger charge is -2.07. The molecule has 2 aromatic carbocycles. The van der Waals surface area contributed by atoms with Crippen molar-refractivity contribution in [2.24, 2.45) is 0 Å². The maximum atomic E-state index is 13.2. The Balaban J connectivity index is 1.84. The molecule has 3 nitrogen and oxygen atoms in total. The molecule has 0 saturated heterocycles. The van der Waals surface area contributed by atoms with Crippen LogP contribution in [0.2, 0.25) is 5.02 Å². The van der Waals surface area contributed by atoms with Gasteiger partial charge in [0.05, 0.1) is 0 Å². The van der Waals surface area contributed by atoms with Crippen molar-refractivity contribution < 1.29 is 4.39 Å². The molecule has 0 radical (unpaired) electrons. The lowest BCUT2D eigenvalue weighted by Crippen LogP contribution is -2.00. The third-order valence-electron chi connectivity index (χ3n) is 3.37. The molecule has 118 valence electrons. The largest absolute Gasteiger partial charge is 0.302 e. The summed E-state index contributed by atoms with van der Waals surface area (Å²) < 4.78 is 15.3. The zero-order valence-corrected chi connectivity index (χ0v) is 14.1. The molecule has 0 atom stereocenters. The summed E-state index contributed by atoms with van der Waals surface area (Å²) in [6.45, 7) is 2.80. The molecule has 0 fully saturated rings. The Labute approximate surface area is 143 Å². The van der Waals surface area contributed by atoms with Gasteiger partial charge < -0.3 is 4.57 Å². The van der Waals surface area contributed by atoms with E-state index in [0.717, 1.165) is 28.7 Å². The van der Waals surface area contributed by atoms with Crippen LogP contribution in [0.1, 0.15) is 12.5 Å². The lowest BCUT2D eigenvalue weighted by atomic mass is 10.2. The predicted molar refractivity (Wildman–Crippen MR) is 92.1 cm³/mol. The molecule has 1 heterocycles. The van der Waals surface area contributed by atoms with Gasteiger partial charge in [0.1, 0.15) is 5.82 Å². The van der Waals surface area contributed by atoms with Crippen molar-refractivity contribution in [2.45, 2.75) is 24.4 Å². The second kappa shape index (κ2) is 7.15. The second-order valence-corrected chi connectivity index (χ2v) is 6.36. The maximum Gasteiger partial charge on any atom is 0.191 e. The standard InChI is InChI=1S/C17H15ClFN3S/c1-2-22-16(13-6-4-7-14(18)10-13)20-21-17(22)23-11-12-5-3-8-15(19)9-12/h3-10H,2,11H2,1H3. The van der Waals surface area contributed by atoms with Crippen LogP contribution in [0, 0.1) is 5.82 Å². The molecule has 3 aromatic rings. The second-order valence-electron chi connectivity index (χ2n) is 4.98. The first-order valence-corrected chi connectivity index (χ1v) is 8.60.